The summed E-state index contributed by atoms with van der Waals surface area (Å²) in [5, 5.41) is 0. The van der Waals surface area contributed by atoms with Gasteiger partial charge in [0.05, 0.1) is 4.90 Å². The standard InChI is InChI=1S/C16H19BrN2O2S/c1-12(2)16-14(17)7-5-8-15(16)22(20,21)19-11-9-13-6-3-4-10-18-13/h3-8,10,12,19H,9,11H2,1-2H3. The molecule has 2 aromatic rings. The van der Waals surface area contributed by atoms with Crippen molar-refractivity contribution in [2.45, 2.75) is 31.1 Å². The molecule has 0 bridgehead atoms. The Balaban J connectivity index is 2.16. The Morgan fingerprint density at radius 2 is 1.95 bits per heavy atom. The number of halogens is 1. The Kier molecular flexibility index (Phi) is 5.72. The van der Waals surface area contributed by atoms with Crippen molar-refractivity contribution < 1.29 is 8.42 Å². The van der Waals surface area contributed by atoms with E-state index < -0.39 is 10.0 Å². The Labute approximate surface area is 140 Å². The highest BCUT2D eigenvalue weighted by molar-refractivity contribution is 9.10. The van der Waals surface area contributed by atoms with Gasteiger partial charge in [0.1, 0.15) is 0 Å². The normalized spacial score (nSPS) is 11.8. The molecule has 22 heavy (non-hydrogen) atoms. The van der Waals surface area contributed by atoms with Gasteiger partial charge in [0.2, 0.25) is 10.0 Å². The summed E-state index contributed by atoms with van der Waals surface area (Å²) in [7, 11) is -3.54. The van der Waals surface area contributed by atoms with Crippen molar-refractivity contribution in [2.75, 3.05) is 6.54 Å². The summed E-state index contributed by atoms with van der Waals surface area (Å²) in [4.78, 5) is 4.52. The Morgan fingerprint density at radius 1 is 1.18 bits per heavy atom. The molecule has 0 aliphatic rings. The largest absolute Gasteiger partial charge is 0.261 e. The van der Waals surface area contributed by atoms with Gasteiger partial charge in [-0.2, -0.15) is 0 Å². The first-order chi connectivity index (χ1) is 10.4. The van der Waals surface area contributed by atoms with Gasteiger partial charge in [0.25, 0.3) is 0 Å². The molecule has 4 nitrogen and oxygen atoms in total. The van der Waals surface area contributed by atoms with E-state index in [1.165, 1.54) is 0 Å². The van der Waals surface area contributed by atoms with E-state index in [1.807, 2.05) is 38.1 Å². The number of rotatable bonds is 6. The van der Waals surface area contributed by atoms with E-state index in [-0.39, 0.29) is 5.92 Å². The zero-order valence-corrected chi connectivity index (χ0v) is 15.0. The first-order valence-corrected chi connectivity index (χ1v) is 9.37. The lowest BCUT2D eigenvalue weighted by atomic mass is 10.0. The van der Waals surface area contributed by atoms with Gasteiger partial charge in [-0.15, -0.1) is 0 Å². The maximum absolute atomic E-state index is 12.5. The topological polar surface area (TPSA) is 59.1 Å². The van der Waals surface area contributed by atoms with Crippen molar-refractivity contribution in [1.82, 2.24) is 9.71 Å². The third-order valence-electron chi connectivity index (χ3n) is 3.28. The Morgan fingerprint density at radius 3 is 2.59 bits per heavy atom. The molecular formula is C16H19BrN2O2S. The lowest BCUT2D eigenvalue weighted by Gasteiger charge is -2.15. The lowest BCUT2D eigenvalue weighted by molar-refractivity contribution is 0.579. The quantitative estimate of drug-likeness (QED) is 0.831. The Bertz CT molecular complexity index is 731. The van der Waals surface area contributed by atoms with Gasteiger partial charge in [-0.3, -0.25) is 4.98 Å². The number of hydrogen-bond acceptors (Lipinski definition) is 3. The first kappa shape index (κ1) is 17.1. The van der Waals surface area contributed by atoms with Gasteiger partial charge in [-0.05, 0) is 35.7 Å². The zero-order valence-electron chi connectivity index (χ0n) is 12.6. The van der Waals surface area contributed by atoms with E-state index in [1.54, 1.807) is 18.3 Å². The van der Waals surface area contributed by atoms with Crippen molar-refractivity contribution in [3.05, 3.63) is 58.3 Å². The van der Waals surface area contributed by atoms with E-state index in [0.717, 1.165) is 15.7 Å². The molecule has 0 fully saturated rings. The molecule has 1 N–H and O–H groups in total. The number of pyridine rings is 1. The molecule has 0 atom stereocenters. The maximum atomic E-state index is 12.5. The highest BCUT2D eigenvalue weighted by Gasteiger charge is 2.21. The summed E-state index contributed by atoms with van der Waals surface area (Å²) in [5.41, 5.74) is 1.66. The molecule has 0 unspecified atom stereocenters. The van der Waals surface area contributed by atoms with Crippen LogP contribution in [0.25, 0.3) is 0 Å². The number of aromatic nitrogens is 1. The summed E-state index contributed by atoms with van der Waals surface area (Å²) in [6.07, 6.45) is 2.26. The van der Waals surface area contributed by atoms with E-state index in [9.17, 15) is 8.42 Å². The van der Waals surface area contributed by atoms with Crippen LogP contribution in [0.1, 0.15) is 31.0 Å². The van der Waals surface area contributed by atoms with Crippen LogP contribution in [0.4, 0.5) is 0 Å². The highest BCUT2D eigenvalue weighted by atomic mass is 79.9. The minimum atomic E-state index is -3.54. The molecule has 0 aliphatic carbocycles. The fraction of sp³-hybridized carbons (Fsp3) is 0.312. The van der Waals surface area contributed by atoms with E-state index in [4.69, 9.17) is 0 Å². The molecule has 118 valence electrons. The predicted octanol–water partition coefficient (Wildman–Crippen LogP) is 3.49. The molecule has 0 spiro atoms. The lowest BCUT2D eigenvalue weighted by Crippen LogP contribution is -2.27. The molecular weight excluding hydrogens is 364 g/mol. The second kappa shape index (κ2) is 7.35. The molecule has 0 amide bonds. The minimum Gasteiger partial charge on any atom is -0.261 e. The molecule has 0 aliphatic heterocycles. The van der Waals surface area contributed by atoms with Crippen LogP contribution in [0.15, 0.2) is 52.0 Å². The molecule has 1 heterocycles. The molecule has 6 heteroatoms. The molecule has 0 radical (unpaired) electrons. The third-order valence-corrected chi connectivity index (χ3v) is 5.49. The molecule has 1 aromatic heterocycles. The molecule has 1 aromatic carbocycles. The van der Waals surface area contributed by atoms with Crippen molar-refractivity contribution in [1.29, 1.82) is 0 Å². The van der Waals surface area contributed by atoms with Crippen LogP contribution in [-0.2, 0) is 16.4 Å². The summed E-state index contributed by atoms with van der Waals surface area (Å²) >= 11 is 3.44. The van der Waals surface area contributed by atoms with Crippen molar-refractivity contribution in [3.63, 3.8) is 0 Å². The molecule has 0 saturated carbocycles. The monoisotopic (exact) mass is 382 g/mol. The van der Waals surface area contributed by atoms with Gasteiger partial charge >= 0.3 is 0 Å². The van der Waals surface area contributed by atoms with Gasteiger partial charge < -0.3 is 0 Å². The average Bonchev–Trinajstić information content (AvgIpc) is 2.47. The average molecular weight is 383 g/mol. The van der Waals surface area contributed by atoms with Crippen molar-refractivity contribution >= 4 is 26.0 Å². The third kappa shape index (κ3) is 4.15. The SMILES string of the molecule is CC(C)c1c(Br)cccc1S(=O)(=O)NCCc1ccccn1. The summed E-state index contributed by atoms with van der Waals surface area (Å²) < 4.78 is 28.6. The van der Waals surface area contributed by atoms with Gasteiger partial charge in [-0.1, -0.05) is 41.9 Å². The zero-order chi connectivity index (χ0) is 16.2. The van der Waals surface area contributed by atoms with E-state index in [0.29, 0.717) is 17.9 Å². The van der Waals surface area contributed by atoms with E-state index in [2.05, 4.69) is 25.6 Å². The fourth-order valence-corrected chi connectivity index (χ4v) is 4.62. The van der Waals surface area contributed by atoms with Crippen LogP contribution >= 0.6 is 15.9 Å². The van der Waals surface area contributed by atoms with Crippen LogP contribution in [0.3, 0.4) is 0 Å². The molecule has 2 rings (SSSR count). The fourth-order valence-electron chi connectivity index (χ4n) is 2.25. The van der Waals surface area contributed by atoms with Crippen LogP contribution in [0.5, 0.6) is 0 Å². The smallest absolute Gasteiger partial charge is 0.240 e. The van der Waals surface area contributed by atoms with Gasteiger partial charge in [0, 0.05) is 29.3 Å². The Hall–Kier alpha value is -1.24. The predicted molar refractivity (Wildman–Crippen MR) is 91.4 cm³/mol. The van der Waals surface area contributed by atoms with Crippen molar-refractivity contribution in [2.24, 2.45) is 0 Å². The summed E-state index contributed by atoms with van der Waals surface area (Å²) in [6.45, 7) is 4.28. The number of hydrogen-bond donors (Lipinski definition) is 1. The second-order valence-electron chi connectivity index (χ2n) is 5.28. The minimum absolute atomic E-state index is 0.109. The van der Waals surface area contributed by atoms with Crippen LogP contribution in [0.2, 0.25) is 0 Å². The number of benzene rings is 1. The van der Waals surface area contributed by atoms with Gasteiger partial charge in [0.15, 0.2) is 0 Å². The van der Waals surface area contributed by atoms with E-state index >= 15 is 0 Å². The summed E-state index contributed by atoms with van der Waals surface area (Å²) in [5.74, 6) is 0.109. The number of sulfonamides is 1. The molecule has 0 saturated heterocycles. The number of nitrogens with one attached hydrogen (secondary N) is 1. The summed E-state index contributed by atoms with van der Waals surface area (Å²) in [6, 6.07) is 10.9. The van der Waals surface area contributed by atoms with Gasteiger partial charge in [-0.25, -0.2) is 13.1 Å². The van der Waals surface area contributed by atoms with Crippen LogP contribution < -0.4 is 4.72 Å². The maximum Gasteiger partial charge on any atom is 0.240 e. The number of nitrogens with zero attached hydrogens (tertiary/aromatic N) is 1. The van der Waals surface area contributed by atoms with Crippen molar-refractivity contribution in [3.8, 4) is 0 Å². The van der Waals surface area contributed by atoms with Crippen LogP contribution in [-0.4, -0.2) is 19.9 Å². The first-order valence-electron chi connectivity index (χ1n) is 7.10. The second-order valence-corrected chi connectivity index (χ2v) is 7.86. The highest BCUT2D eigenvalue weighted by Crippen LogP contribution is 2.30. The van der Waals surface area contributed by atoms with Crippen LogP contribution in [0, 0.1) is 0 Å².